The largest absolute Gasteiger partial charge is 0.496 e. The van der Waals surface area contributed by atoms with Gasteiger partial charge in [-0.05, 0) is 49.2 Å². The van der Waals surface area contributed by atoms with Crippen molar-refractivity contribution in [3.63, 3.8) is 0 Å². The zero-order valence-electron chi connectivity index (χ0n) is 17.9. The molecule has 0 aromatic heterocycles. The zero-order chi connectivity index (χ0) is 22.8. The molecule has 0 fully saturated rings. The van der Waals surface area contributed by atoms with E-state index in [2.05, 4.69) is 16.1 Å². The Morgan fingerprint density at radius 2 is 1.81 bits per heavy atom. The highest BCUT2D eigenvalue weighted by Crippen LogP contribution is 2.20. The Morgan fingerprint density at radius 3 is 2.42 bits per heavy atom. The summed E-state index contributed by atoms with van der Waals surface area (Å²) in [4.78, 5) is 41.3. The summed E-state index contributed by atoms with van der Waals surface area (Å²) in [6.45, 7) is 3.52. The van der Waals surface area contributed by atoms with Crippen molar-refractivity contribution in [1.82, 2.24) is 16.1 Å². The number of amides is 3. The van der Waals surface area contributed by atoms with Gasteiger partial charge in [0.2, 0.25) is 0 Å². The van der Waals surface area contributed by atoms with Crippen LogP contribution in [0.2, 0.25) is 0 Å². The van der Waals surface area contributed by atoms with E-state index in [-0.39, 0.29) is 12.4 Å². The minimum atomic E-state index is -0.781. The average molecular weight is 428 g/mol. The maximum Gasteiger partial charge on any atom is 0.315 e. The van der Waals surface area contributed by atoms with Gasteiger partial charge in [-0.1, -0.05) is 19.1 Å². The molecule has 0 spiro atoms. The molecule has 2 aromatic rings. The van der Waals surface area contributed by atoms with Crippen molar-refractivity contribution in [1.29, 1.82) is 0 Å². The molecule has 0 bridgehead atoms. The summed E-state index contributed by atoms with van der Waals surface area (Å²) < 4.78 is 5.25. The molecule has 9 nitrogen and oxygen atoms in total. The fraction of sp³-hybridized carbons (Fsp3) is 0.318. The molecular formula is C22H28N4O5. The minimum Gasteiger partial charge on any atom is -0.496 e. The topological polar surface area (TPSA) is 132 Å². The van der Waals surface area contributed by atoms with Crippen LogP contribution < -0.4 is 26.6 Å². The molecule has 0 radical (unpaired) electrons. The first-order chi connectivity index (χ1) is 14.8. The number of nitrogens with one attached hydrogen (secondary N) is 3. The van der Waals surface area contributed by atoms with Crippen LogP contribution in [0.5, 0.6) is 5.75 Å². The first-order valence-electron chi connectivity index (χ1n) is 9.82. The van der Waals surface area contributed by atoms with Gasteiger partial charge in [-0.3, -0.25) is 14.4 Å². The van der Waals surface area contributed by atoms with Crippen LogP contribution >= 0.6 is 0 Å². The molecule has 0 aliphatic heterocycles. The van der Waals surface area contributed by atoms with Crippen molar-refractivity contribution in [2.45, 2.75) is 39.5 Å². The van der Waals surface area contributed by atoms with Crippen molar-refractivity contribution in [3.8, 4) is 5.75 Å². The smallest absolute Gasteiger partial charge is 0.315 e. The maximum absolute atomic E-state index is 12.4. The van der Waals surface area contributed by atoms with Gasteiger partial charge in [0, 0.05) is 23.4 Å². The summed E-state index contributed by atoms with van der Waals surface area (Å²) in [6, 6.07) is 10.8. The predicted molar refractivity (Wildman–Crippen MR) is 116 cm³/mol. The third-order valence-electron chi connectivity index (χ3n) is 4.55. The number of hydrogen-bond donors (Lipinski definition) is 4. The second-order valence-corrected chi connectivity index (χ2v) is 6.87. The fourth-order valence-electron chi connectivity index (χ4n) is 2.75. The van der Waals surface area contributed by atoms with Crippen LogP contribution in [0.4, 0.5) is 10.5 Å². The Morgan fingerprint density at radius 1 is 1.10 bits per heavy atom. The van der Waals surface area contributed by atoms with Gasteiger partial charge in [0.05, 0.1) is 7.11 Å². The number of nitrogen functional groups attached to an aromatic ring is 1. The molecule has 0 heterocycles. The summed E-state index contributed by atoms with van der Waals surface area (Å²) in [5.41, 5.74) is 10.6. The molecule has 1 atom stereocenters. The van der Waals surface area contributed by atoms with Crippen LogP contribution in [-0.4, -0.2) is 30.9 Å². The molecule has 166 valence electrons. The Labute approximate surface area is 181 Å². The number of benzene rings is 2. The third kappa shape index (κ3) is 7.31. The molecule has 0 aliphatic carbocycles. The number of hydroxylamine groups is 1. The maximum atomic E-state index is 12.4. The molecule has 0 saturated carbocycles. The van der Waals surface area contributed by atoms with Gasteiger partial charge in [-0.25, -0.2) is 10.3 Å². The number of hydrogen-bond acceptors (Lipinski definition) is 6. The molecule has 9 heteroatoms. The van der Waals surface area contributed by atoms with E-state index < -0.39 is 18.0 Å². The number of nitrogens with two attached hydrogens (primary N) is 1. The Bertz CT molecular complexity index is 915. The van der Waals surface area contributed by atoms with E-state index in [0.717, 1.165) is 5.56 Å². The zero-order valence-corrected chi connectivity index (χ0v) is 17.9. The SMILES string of the molecule is CCC(NC(=O)NCc1ccc(N)cc1)C(=O)NOCc1cc(C(C)=O)ccc1OC. The van der Waals surface area contributed by atoms with Crippen LogP contribution in [0.1, 0.15) is 41.8 Å². The highest BCUT2D eigenvalue weighted by atomic mass is 16.7. The molecule has 2 rings (SSSR count). The summed E-state index contributed by atoms with van der Waals surface area (Å²) in [5, 5.41) is 5.30. The molecule has 3 amide bonds. The van der Waals surface area contributed by atoms with Crippen LogP contribution in [0.3, 0.4) is 0 Å². The van der Waals surface area contributed by atoms with Crippen molar-refractivity contribution < 1.29 is 24.0 Å². The number of anilines is 1. The van der Waals surface area contributed by atoms with Gasteiger partial charge in [0.25, 0.3) is 5.91 Å². The Kier molecular flexibility index (Phi) is 8.83. The second kappa shape index (κ2) is 11.6. The first-order valence-corrected chi connectivity index (χ1v) is 9.82. The van der Waals surface area contributed by atoms with E-state index in [1.54, 1.807) is 37.3 Å². The van der Waals surface area contributed by atoms with E-state index >= 15 is 0 Å². The van der Waals surface area contributed by atoms with Gasteiger partial charge < -0.3 is 21.1 Å². The van der Waals surface area contributed by atoms with Gasteiger partial charge in [0.1, 0.15) is 18.4 Å². The molecule has 0 aliphatic rings. The predicted octanol–water partition coefficient (Wildman–Crippen LogP) is 2.31. The van der Waals surface area contributed by atoms with E-state index in [0.29, 0.717) is 35.5 Å². The minimum absolute atomic E-state index is 0.00416. The number of ether oxygens (including phenoxy) is 1. The standard InChI is InChI=1S/C22H28N4O5/c1-4-19(25-22(29)24-12-15-5-8-18(23)9-6-15)21(28)26-31-13-17-11-16(14(2)27)7-10-20(17)30-3/h5-11,19H,4,12-13,23H2,1-3H3,(H,26,28)(H2,24,25,29). The average Bonchev–Trinajstić information content (AvgIpc) is 2.76. The molecule has 2 aromatic carbocycles. The van der Waals surface area contributed by atoms with E-state index in [1.807, 2.05) is 12.1 Å². The van der Waals surface area contributed by atoms with Crippen LogP contribution in [0.25, 0.3) is 0 Å². The monoisotopic (exact) mass is 428 g/mol. The molecule has 0 saturated heterocycles. The molecular weight excluding hydrogens is 400 g/mol. The lowest BCUT2D eigenvalue weighted by Crippen LogP contribution is -2.49. The first kappa shape index (κ1) is 23.7. The van der Waals surface area contributed by atoms with Crippen LogP contribution in [0, 0.1) is 0 Å². The van der Waals surface area contributed by atoms with Gasteiger partial charge in [0.15, 0.2) is 5.78 Å². The lowest BCUT2D eigenvalue weighted by Gasteiger charge is -2.17. The van der Waals surface area contributed by atoms with Crippen molar-refractivity contribution >= 4 is 23.4 Å². The molecule has 1 unspecified atom stereocenters. The summed E-state index contributed by atoms with van der Waals surface area (Å²) >= 11 is 0. The van der Waals surface area contributed by atoms with Gasteiger partial charge >= 0.3 is 6.03 Å². The van der Waals surface area contributed by atoms with Crippen LogP contribution in [-0.2, 0) is 22.8 Å². The summed E-state index contributed by atoms with van der Waals surface area (Å²) in [5.74, 6) is -0.0496. The second-order valence-electron chi connectivity index (χ2n) is 6.87. The van der Waals surface area contributed by atoms with Crippen molar-refractivity contribution in [2.75, 3.05) is 12.8 Å². The van der Waals surface area contributed by atoms with Gasteiger partial charge in [-0.2, -0.15) is 0 Å². The number of carbonyl (C=O) groups excluding carboxylic acids is 3. The number of carbonyl (C=O) groups is 3. The number of ketones is 1. The molecule has 5 N–H and O–H groups in total. The van der Waals surface area contributed by atoms with Gasteiger partial charge in [-0.15, -0.1) is 0 Å². The lowest BCUT2D eigenvalue weighted by molar-refractivity contribution is -0.136. The van der Waals surface area contributed by atoms with E-state index in [9.17, 15) is 14.4 Å². The summed E-state index contributed by atoms with van der Waals surface area (Å²) in [7, 11) is 1.50. The highest BCUT2D eigenvalue weighted by Gasteiger charge is 2.19. The van der Waals surface area contributed by atoms with E-state index in [4.69, 9.17) is 15.3 Å². The third-order valence-corrected chi connectivity index (χ3v) is 4.55. The normalized spacial score (nSPS) is 11.3. The van der Waals surface area contributed by atoms with E-state index in [1.165, 1.54) is 14.0 Å². The Balaban J connectivity index is 1.84. The van der Waals surface area contributed by atoms with Crippen molar-refractivity contribution in [3.05, 3.63) is 59.2 Å². The quantitative estimate of drug-likeness (QED) is 0.261. The van der Waals surface area contributed by atoms with Crippen LogP contribution in [0.15, 0.2) is 42.5 Å². The molecule has 31 heavy (non-hydrogen) atoms. The number of rotatable bonds is 10. The number of Topliss-reactive ketones (excluding diaryl/α,β-unsaturated/α-hetero) is 1. The number of methoxy groups -OCH3 is 1. The number of urea groups is 1. The summed E-state index contributed by atoms with van der Waals surface area (Å²) in [6.07, 6.45) is 0.369. The fourth-order valence-corrected chi connectivity index (χ4v) is 2.75. The highest BCUT2D eigenvalue weighted by molar-refractivity contribution is 5.94. The Hall–Kier alpha value is -3.59. The lowest BCUT2D eigenvalue weighted by atomic mass is 10.1. The van der Waals surface area contributed by atoms with Crippen molar-refractivity contribution in [2.24, 2.45) is 0 Å².